The number of benzene rings is 1. The Morgan fingerprint density at radius 2 is 1.93 bits per heavy atom. The third kappa shape index (κ3) is 1.13. The normalized spacial score (nSPS) is 28.1. The molecule has 2 heteroatoms. The lowest BCUT2D eigenvalue weighted by atomic mass is 9.99. The first-order valence-corrected chi connectivity index (χ1v) is 4.83. The fourth-order valence-corrected chi connectivity index (χ4v) is 2.14. The SMILES string of the molecule is CC1(C)C(N)C1c1ccccc1C#N. The predicted molar refractivity (Wildman–Crippen MR) is 55.7 cm³/mol. The zero-order valence-electron chi connectivity index (χ0n) is 8.49. The fraction of sp³-hybridized carbons (Fsp3) is 0.417. The zero-order chi connectivity index (χ0) is 10.3. The number of rotatable bonds is 1. The predicted octanol–water partition coefficient (Wildman–Crippen LogP) is 2.01. The van der Waals surface area contributed by atoms with Gasteiger partial charge in [0.05, 0.1) is 11.6 Å². The Labute approximate surface area is 84.3 Å². The van der Waals surface area contributed by atoms with Crippen molar-refractivity contribution in [3.63, 3.8) is 0 Å². The largest absolute Gasteiger partial charge is 0.327 e. The molecule has 0 heterocycles. The summed E-state index contributed by atoms with van der Waals surface area (Å²) in [4.78, 5) is 0. The van der Waals surface area contributed by atoms with Gasteiger partial charge in [0.1, 0.15) is 0 Å². The smallest absolute Gasteiger partial charge is 0.0994 e. The molecule has 72 valence electrons. The summed E-state index contributed by atoms with van der Waals surface area (Å²) >= 11 is 0. The highest BCUT2D eigenvalue weighted by Gasteiger charge is 2.56. The van der Waals surface area contributed by atoms with Crippen LogP contribution in [0.1, 0.15) is 30.9 Å². The number of nitrogens with two attached hydrogens (primary N) is 1. The fourth-order valence-electron chi connectivity index (χ4n) is 2.14. The van der Waals surface area contributed by atoms with Crippen LogP contribution in [0, 0.1) is 16.7 Å². The number of hydrogen-bond acceptors (Lipinski definition) is 2. The minimum Gasteiger partial charge on any atom is -0.327 e. The average Bonchev–Trinajstić information content (AvgIpc) is 2.66. The molecule has 2 atom stereocenters. The van der Waals surface area contributed by atoms with E-state index < -0.39 is 0 Å². The molecule has 0 bridgehead atoms. The standard InChI is InChI=1S/C12H14N2/c1-12(2)10(11(12)14)9-6-4-3-5-8(9)7-13/h3-6,10-11H,14H2,1-2H3. The Bertz CT molecular complexity index is 401. The third-order valence-electron chi connectivity index (χ3n) is 3.33. The summed E-state index contributed by atoms with van der Waals surface area (Å²) in [5.74, 6) is 0.346. The van der Waals surface area contributed by atoms with Crippen molar-refractivity contribution in [2.75, 3.05) is 0 Å². The second-order valence-electron chi connectivity index (χ2n) is 4.52. The van der Waals surface area contributed by atoms with Crippen LogP contribution in [0.3, 0.4) is 0 Å². The van der Waals surface area contributed by atoms with Crippen LogP contribution in [-0.2, 0) is 0 Å². The second kappa shape index (κ2) is 2.83. The van der Waals surface area contributed by atoms with E-state index >= 15 is 0 Å². The molecule has 0 amide bonds. The minimum absolute atomic E-state index is 0.146. The maximum Gasteiger partial charge on any atom is 0.0994 e. The van der Waals surface area contributed by atoms with Gasteiger partial charge in [0.15, 0.2) is 0 Å². The molecule has 0 aliphatic heterocycles. The van der Waals surface area contributed by atoms with Gasteiger partial charge >= 0.3 is 0 Å². The Morgan fingerprint density at radius 1 is 1.36 bits per heavy atom. The summed E-state index contributed by atoms with van der Waals surface area (Å²) in [6.45, 7) is 4.30. The van der Waals surface area contributed by atoms with Crippen LogP contribution in [0.15, 0.2) is 24.3 Å². The van der Waals surface area contributed by atoms with E-state index in [0.29, 0.717) is 5.92 Å². The van der Waals surface area contributed by atoms with Crippen LogP contribution in [0.25, 0.3) is 0 Å². The third-order valence-corrected chi connectivity index (χ3v) is 3.33. The molecule has 0 radical (unpaired) electrons. The van der Waals surface area contributed by atoms with Gasteiger partial charge in [-0.3, -0.25) is 0 Å². The van der Waals surface area contributed by atoms with Gasteiger partial charge in [-0.15, -0.1) is 0 Å². The molecule has 2 nitrogen and oxygen atoms in total. The summed E-state index contributed by atoms with van der Waals surface area (Å²) in [6, 6.07) is 10.1. The van der Waals surface area contributed by atoms with Gasteiger partial charge in [0, 0.05) is 12.0 Å². The number of nitriles is 1. The van der Waals surface area contributed by atoms with E-state index in [9.17, 15) is 0 Å². The monoisotopic (exact) mass is 186 g/mol. The second-order valence-corrected chi connectivity index (χ2v) is 4.52. The number of hydrogen-bond donors (Lipinski definition) is 1. The van der Waals surface area contributed by atoms with Gasteiger partial charge in [0.25, 0.3) is 0 Å². The average molecular weight is 186 g/mol. The van der Waals surface area contributed by atoms with E-state index in [1.54, 1.807) is 0 Å². The van der Waals surface area contributed by atoms with Gasteiger partial charge in [-0.2, -0.15) is 5.26 Å². The summed E-state index contributed by atoms with van der Waals surface area (Å²) < 4.78 is 0. The Kier molecular flexibility index (Phi) is 1.87. The minimum atomic E-state index is 0.146. The van der Waals surface area contributed by atoms with Crippen LogP contribution >= 0.6 is 0 Å². The molecule has 1 aliphatic rings. The van der Waals surface area contributed by atoms with Gasteiger partial charge in [-0.25, -0.2) is 0 Å². The summed E-state index contributed by atoms with van der Waals surface area (Å²) in [5, 5.41) is 8.96. The molecule has 1 saturated carbocycles. The topological polar surface area (TPSA) is 49.8 Å². The van der Waals surface area contributed by atoms with Crippen molar-refractivity contribution in [2.24, 2.45) is 11.1 Å². The van der Waals surface area contributed by atoms with Crippen LogP contribution in [-0.4, -0.2) is 6.04 Å². The highest BCUT2D eigenvalue weighted by atomic mass is 14.8. The van der Waals surface area contributed by atoms with E-state index in [-0.39, 0.29) is 11.5 Å². The van der Waals surface area contributed by atoms with Crippen LogP contribution in [0.5, 0.6) is 0 Å². The van der Waals surface area contributed by atoms with E-state index in [2.05, 4.69) is 19.9 Å². The molecular weight excluding hydrogens is 172 g/mol. The van der Waals surface area contributed by atoms with Crippen molar-refractivity contribution < 1.29 is 0 Å². The van der Waals surface area contributed by atoms with Crippen LogP contribution in [0.4, 0.5) is 0 Å². The highest BCUT2D eigenvalue weighted by Crippen LogP contribution is 2.57. The van der Waals surface area contributed by atoms with E-state index in [1.165, 1.54) is 0 Å². The van der Waals surface area contributed by atoms with Crippen molar-refractivity contribution >= 4 is 0 Å². The lowest BCUT2D eigenvalue weighted by molar-refractivity contribution is 0.599. The maximum absolute atomic E-state index is 8.96. The molecule has 14 heavy (non-hydrogen) atoms. The molecule has 1 aromatic rings. The molecule has 2 N–H and O–H groups in total. The molecular formula is C12H14N2. The first kappa shape index (κ1) is 9.23. The van der Waals surface area contributed by atoms with Crippen molar-refractivity contribution in [3.05, 3.63) is 35.4 Å². The summed E-state index contributed by atoms with van der Waals surface area (Å²) in [5.41, 5.74) is 8.00. The number of nitrogens with zero attached hydrogens (tertiary/aromatic N) is 1. The van der Waals surface area contributed by atoms with Gasteiger partial charge in [-0.05, 0) is 17.0 Å². The molecule has 0 saturated heterocycles. The van der Waals surface area contributed by atoms with Crippen molar-refractivity contribution in [1.29, 1.82) is 5.26 Å². The first-order valence-electron chi connectivity index (χ1n) is 4.83. The van der Waals surface area contributed by atoms with Gasteiger partial charge < -0.3 is 5.73 Å². The molecule has 0 spiro atoms. The molecule has 1 fully saturated rings. The Balaban J connectivity index is 2.41. The van der Waals surface area contributed by atoms with E-state index in [1.807, 2.05) is 24.3 Å². The first-order chi connectivity index (χ1) is 6.59. The molecule has 1 aliphatic carbocycles. The Hall–Kier alpha value is -1.33. The molecule has 0 aromatic heterocycles. The summed E-state index contributed by atoms with van der Waals surface area (Å²) in [7, 11) is 0. The molecule has 1 aromatic carbocycles. The lowest BCUT2D eigenvalue weighted by Crippen LogP contribution is -2.06. The van der Waals surface area contributed by atoms with E-state index in [4.69, 9.17) is 11.0 Å². The van der Waals surface area contributed by atoms with Gasteiger partial charge in [-0.1, -0.05) is 32.0 Å². The Morgan fingerprint density at radius 3 is 2.43 bits per heavy atom. The maximum atomic E-state index is 8.96. The van der Waals surface area contributed by atoms with E-state index in [0.717, 1.165) is 11.1 Å². The van der Waals surface area contributed by atoms with Crippen LogP contribution < -0.4 is 5.73 Å². The van der Waals surface area contributed by atoms with Gasteiger partial charge in [0.2, 0.25) is 0 Å². The van der Waals surface area contributed by atoms with Crippen molar-refractivity contribution in [3.8, 4) is 6.07 Å². The van der Waals surface area contributed by atoms with Crippen molar-refractivity contribution in [1.82, 2.24) is 0 Å². The van der Waals surface area contributed by atoms with Crippen LogP contribution in [0.2, 0.25) is 0 Å². The van der Waals surface area contributed by atoms with Crippen molar-refractivity contribution in [2.45, 2.75) is 25.8 Å². The quantitative estimate of drug-likeness (QED) is 0.729. The molecule has 2 rings (SSSR count). The zero-order valence-corrected chi connectivity index (χ0v) is 8.49. The summed E-state index contributed by atoms with van der Waals surface area (Å²) in [6.07, 6.45) is 0. The molecule has 2 unspecified atom stereocenters. The lowest BCUT2D eigenvalue weighted by Gasteiger charge is -2.04. The highest BCUT2D eigenvalue weighted by molar-refractivity contribution is 5.45.